The fourth-order valence-corrected chi connectivity index (χ4v) is 1.87. The Bertz CT molecular complexity index is 421. The van der Waals surface area contributed by atoms with Crippen molar-refractivity contribution in [2.24, 2.45) is 0 Å². The molecule has 1 aromatic rings. The Hall–Kier alpha value is -1.78. The average Bonchev–Trinajstić information content (AvgIpc) is 2.34. The minimum Gasteiger partial charge on any atom is -0.466 e. The van der Waals surface area contributed by atoms with Crippen LogP contribution in [0.5, 0.6) is 0 Å². The molecule has 0 aliphatic rings. The summed E-state index contributed by atoms with van der Waals surface area (Å²) >= 11 is 0. The molecular formula is C14H23N3O2. The van der Waals surface area contributed by atoms with Crippen molar-refractivity contribution in [2.45, 2.75) is 46.1 Å². The third kappa shape index (κ3) is 5.16. The van der Waals surface area contributed by atoms with E-state index in [1.165, 1.54) is 0 Å². The first-order valence-corrected chi connectivity index (χ1v) is 6.72. The lowest BCUT2D eigenvalue weighted by Gasteiger charge is -2.19. The van der Waals surface area contributed by atoms with Gasteiger partial charge in [0.15, 0.2) is 0 Å². The molecule has 1 heterocycles. The molecular weight excluding hydrogens is 242 g/mol. The van der Waals surface area contributed by atoms with E-state index in [4.69, 9.17) is 10.5 Å². The highest BCUT2D eigenvalue weighted by atomic mass is 16.5. The first-order chi connectivity index (χ1) is 9.06. The zero-order valence-corrected chi connectivity index (χ0v) is 11.9. The number of ether oxygens (including phenoxy) is 1. The van der Waals surface area contributed by atoms with Crippen molar-refractivity contribution in [3.8, 4) is 0 Å². The summed E-state index contributed by atoms with van der Waals surface area (Å²) in [5.41, 5.74) is 7.37. The Labute approximate surface area is 114 Å². The number of esters is 1. The van der Waals surface area contributed by atoms with Crippen molar-refractivity contribution >= 4 is 17.5 Å². The van der Waals surface area contributed by atoms with Crippen molar-refractivity contribution in [2.75, 3.05) is 17.7 Å². The Kier molecular flexibility index (Phi) is 6.12. The van der Waals surface area contributed by atoms with Gasteiger partial charge in [0.05, 0.1) is 18.7 Å². The fraction of sp³-hybridized carbons (Fsp3) is 0.571. The number of carbonyl (C=O) groups excluding carboxylic acids is 1. The number of nitrogen functional groups attached to an aromatic ring is 1. The van der Waals surface area contributed by atoms with Gasteiger partial charge in [0.2, 0.25) is 0 Å². The number of hydrogen-bond donors (Lipinski definition) is 2. The monoisotopic (exact) mass is 265 g/mol. The summed E-state index contributed by atoms with van der Waals surface area (Å²) in [6.45, 7) is 6.19. The standard InChI is InChI=1S/C14H23N3O2/c1-4-6-11(9-13(18)19-5-2)17-14-12(15)8-7-10(3)16-14/h7-8,11H,4-6,9,15H2,1-3H3,(H,16,17)/t11-/m0/s1. The number of anilines is 2. The normalized spacial score (nSPS) is 11.9. The molecule has 0 spiro atoms. The van der Waals surface area contributed by atoms with Gasteiger partial charge < -0.3 is 15.8 Å². The zero-order valence-electron chi connectivity index (χ0n) is 11.9. The summed E-state index contributed by atoms with van der Waals surface area (Å²) in [4.78, 5) is 15.9. The Morgan fingerprint density at radius 3 is 2.84 bits per heavy atom. The average molecular weight is 265 g/mol. The lowest BCUT2D eigenvalue weighted by Crippen LogP contribution is -2.25. The van der Waals surface area contributed by atoms with Gasteiger partial charge in [0, 0.05) is 11.7 Å². The van der Waals surface area contributed by atoms with Gasteiger partial charge in [-0.25, -0.2) is 4.98 Å². The molecule has 5 nitrogen and oxygen atoms in total. The van der Waals surface area contributed by atoms with Crippen LogP contribution < -0.4 is 11.1 Å². The highest BCUT2D eigenvalue weighted by Gasteiger charge is 2.15. The molecule has 1 aromatic heterocycles. The van der Waals surface area contributed by atoms with Gasteiger partial charge in [-0.3, -0.25) is 4.79 Å². The molecule has 0 saturated carbocycles. The second kappa shape index (κ2) is 7.61. The second-order valence-corrected chi connectivity index (χ2v) is 4.53. The van der Waals surface area contributed by atoms with Gasteiger partial charge in [0.1, 0.15) is 5.82 Å². The zero-order chi connectivity index (χ0) is 14.3. The number of aromatic nitrogens is 1. The molecule has 0 saturated heterocycles. The van der Waals surface area contributed by atoms with E-state index >= 15 is 0 Å². The highest BCUT2D eigenvalue weighted by molar-refractivity contribution is 5.71. The van der Waals surface area contributed by atoms with Gasteiger partial charge in [-0.1, -0.05) is 13.3 Å². The smallest absolute Gasteiger partial charge is 0.307 e. The highest BCUT2D eigenvalue weighted by Crippen LogP contribution is 2.19. The van der Waals surface area contributed by atoms with Crippen LogP contribution in [0.4, 0.5) is 11.5 Å². The van der Waals surface area contributed by atoms with Crippen LogP contribution in [0.1, 0.15) is 38.8 Å². The third-order valence-electron chi connectivity index (χ3n) is 2.76. The van der Waals surface area contributed by atoms with Crippen molar-refractivity contribution in [3.63, 3.8) is 0 Å². The molecule has 0 bridgehead atoms. The molecule has 1 rings (SSSR count). The summed E-state index contributed by atoms with van der Waals surface area (Å²) in [7, 11) is 0. The van der Waals surface area contributed by atoms with Crippen LogP contribution in [0.3, 0.4) is 0 Å². The molecule has 1 atom stereocenters. The summed E-state index contributed by atoms with van der Waals surface area (Å²) in [5.74, 6) is 0.447. The molecule has 0 aliphatic heterocycles. The minimum atomic E-state index is -0.195. The number of nitrogens with two attached hydrogens (primary N) is 1. The van der Waals surface area contributed by atoms with Crippen molar-refractivity contribution in [1.82, 2.24) is 4.98 Å². The maximum Gasteiger partial charge on any atom is 0.307 e. The molecule has 0 aliphatic carbocycles. The Morgan fingerprint density at radius 1 is 1.47 bits per heavy atom. The SMILES string of the molecule is CCC[C@@H](CC(=O)OCC)Nc1nc(C)ccc1N. The van der Waals surface area contributed by atoms with Gasteiger partial charge in [0.25, 0.3) is 0 Å². The predicted octanol–water partition coefficient (Wildman–Crippen LogP) is 2.51. The largest absolute Gasteiger partial charge is 0.466 e. The lowest BCUT2D eigenvalue weighted by molar-refractivity contribution is -0.143. The van der Waals surface area contributed by atoms with Crippen molar-refractivity contribution in [1.29, 1.82) is 0 Å². The first-order valence-electron chi connectivity index (χ1n) is 6.72. The topological polar surface area (TPSA) is 77.2 Å². The predicted molar refractivity (Wildman–Crippen MR) is 77.0 cm³/mol. The van der Waals surface area contributed by atoms with E-state index in [9.17, 15) is 4.79 Å². The van der Waals surface area contributed by atoms with Crippen LogP contribution >= 0.6 is 0 Å². The minimum absolute atomic E-state index is 0.000602. The van der Waals surface area contributed by atoms with E-state index in [1.807, 2.05) is 19.1 Å². The van der Waals surface area contributed by atoms with Gasteiger partial charge in [-0.2, -0.15) is 0 Å². The summed E-state index contributed by atoms with van der Waals surface area (Å²) < 4.78 is 4.98. The van der Waals surface area contributed by atoms with E-state index in [0.29, 0.717) is 24.5 Å². The number of nitrogens with one attached hydrogen (secondary N) is 1. The van der Waals surface area contributed by atoms with Crippen LogP contribution in [0, 0.1) is 6.92 Å². The molecule has 19 heavy (non-hydrogen) atoms. The molecule has 0 amide bonds. The van der Waals surface area contributed by atoms with Crippen LogP contribution in [-0.2, 0) is 9.53 Å². The quantitative estimate of drug-likeness (QED) is 0.741. The fourth-order valence-electron chi connectivity index (χ4n) is 1.87. The van der Waals surface area contributed by atoms with E-state index in [2.05, 4.69) is 17.2 Å². The Morgan fingerprint density at radius 2 is 2.21 bits per heavy atom. The van der Waals surface area contributed by atoms with E-state index in [-0.39, 0.29) is 12.0 Å². The van der Waals surface area contributed by atoms with E-state index in [0.717, 1.165) is 18.5 Å². The first kappa shape index (κ1) is 15.3. The number of nitrogens with zero attached hydrogens (tertiary/aromatic N) is 1. The maximum atomic E-state index is 11.6. The van der Waals surface area contributed by atoms with Crippen LogP contribution in [0.2, 0.25) is 0 Å². The second-order valence-electron chi connectivity index (χ2n) is 4.53. The summed E-state index contributed by atoms with van der Waals surface area (Å²) in [5, 5.41) is 3.24. The molecule has 0 unspecified atom stereocenters. The van der Waals surface area contributed by atoms with Crippen molar-refractivity contribution in [3.05, 3.63) is 17.8 Å². The lowest BCUT2D eigenvalue weighted by atomic mass is 10.1. The molecule has 0 radical (unpaired) electrons. The van der Waals surface area contributed by atoms with Gasteiger partial charge >= 0.3 is 5.97 Å². The molecule has 0 aromatic carbocycles. The van der Waals surface area contributed by atoms with E-state index in [1.54, 1.807) is 6.92 Å². The number of rotatable bonds is 7. The number of hydrogen-bond acceptors (Lipinski definition) is 5. The molecule has 5 heteroatoms. The van der Waals surface area contributed by atoms with Crippen LogP contribution in [-0.4, -0.2) is 23.6 Å². The summed E-state index contributed by atoms with van der Waals surface area (Å²) in [6.07, 6.45) is 2.17. The third-order valence-corrected chi connectivity index (χ3v) is 2.76. The number of aryl methyl sites for hydroxylation is 1. The molecule has 106 valence electrons. The maximum absolute atomic E-state index is 11.6. The van der Waals surface area contributed by atoms with Gasteiger partial charge in [-0.05, 0) is 32.4 Å². The Balaban J connectivity index is 2.71. The van der Waals surface area contributed by atoms with Gasteiger partial charge in [-0.15, -0.1) is 0 Å². The van der Waals surface area contributed by atoms with Crippen molar-refractivity contribution < 1.29 is 9.53 Å². The summed E-state index contributed by atoms with van der Waals surface area (Å²) in [6, 6.07) is 3.68. The molecule has 0 fully saturated rings. The molecule has 3 N–H and O–H groups in total. The van der Waals surface area contributed by atoms with Crippen LogP contribution in [0.25, 0.3) is 0 Å². The van der Waals surface area contributed by atoms with Crippen LogP contribution in [0.15, 0.2) is 12.1 Å². The number of carbonyl (C=O) groups is 1. The number of pyridine rings is 1. The van der Waals surface area contributed by atoms with E-state index < -0.39 is 0 Å².